The molecule has 0 amide bonds. The van der Waals surface area contributed by atoms with Crippen LogP contribution < -0.4 is 5.73 Å². The molecule has 1 aliphatic heterocycles. The van der Waals surface area contributed by atoms with Crippen LogP contribution in [0.25, 0.3) is 0 Å². The third-order valence-electron chi connectivity index (χ3n) is 3.73. The third kappa shape index (κ3) is 2.26. The second-order valence-corrected chi connectivity index (χ2v) is 6.52. The molecule has 3 heteroatoms. The minimum atomic E-state index is 0.502. The summed E-state index contributed by atoms with van der Waals surface area (Å²) in [6.07, 6.45) is 4.12. The van der Waals surface area contributed by atoms with Crippen molar-refractivity contribution in [2.75, 3.05) is 31.9 Å². The van der Waals surface area contributed by atoms with Crippen LogP contribution in [0.1, 0.15) is 26.2 Å². The molecule has 1 unspecified atom stereocenters. The van der Waals surface area contributed by atoms with Crippen LogP contribution in [0, 0.1) is 5.41 Å². The van der Waals surface area contributed by atoms with Crippen LogP contribution in [0.15, 0.2) is 0 Å². The normalized spacial score (nSPS) is 32.6. The lowest BCUT2D eigenvalue weighted by molar-refractivity contribution is 0.0770. The second-order valence-electron chi connectivity index (χ2n) is 4.97. The standard InChI is InChI=1S/C11H22N2S/c1-10-7-13(5-6-14-10)9-11(8-12)3-2-4-11/h10H,2-9,12H2,1H3. The van der Waals surface area contributed by atoms with E-state index in [-0.39, 0.29) is 0 Å². The highest BCUT2D eigenvalue weighted by Gasteiger charge is 2.37. The van der Waals surface area contributed by atoms with Gasteiger partial charge in [0, 0.05) is 30.6 Å². The zero-order valence-corrected chi connectivity index (χ0v) is 9.98. The molecule has 0 aromatic carbocycles. The zero-order valence-electron chi connectivity index (χ0n) is 9.17. The first kappa shape index (κ1) is 10.8. The van der Waals surface area contributed by atoms with Crippen molar-refractivity contribution in [1.29, 1.82) is 0 Å². The lowest BCUT2D eigenvalue weighted by atomic mass is 9.68. The van der Waals surface area contributed by atoms with E-state index in [1.54, 1.807) is 0 Å². The second kappa shape index (κ2) is 4.42. The molecule has 0 spiro atoms. The first-order chi connectivity index (χ1) is 6.74. The van der Waals surface area contributed by atoms with Crippen molar-refractivity contribution >= 4 is 11.8 Å². The van der Waals surface area contributed by atoms with Gasteiger partial charge in [-0.1, -0.05) is 13.3 Å². The number of hydrogen-bond donors (Lipinski definition) is 1. The summed E-state index contributed by atoms with van der Waals surface area (Å²) in [4.78, 5) is 2.63. The van der Waals surface area contributed by atoms with Crippen molar-refractivity contribution in [3.8, 4) is 0 Å². The molecule has 2 nitrogen and oxygen atoms in total. The van der Waals surface area contributed by atoms with Gasteiger partial charge in [0.1, 0.15) is 0 Å². The van der Waals surface area contributed by atoms with Gasteiger partial charge in [0.05, 0.1) is 0 Å². The Balaban J connectivity index is 1.83. The molecule has 1 atom stereocenters. The Bertz CT molecular complexity index is 186. The largest absolute Gasteiger partial charge is 0.330 e. The van der Waals surface area contributed by atoms with Crippen molar-refractivity contribution in [2.24, 2.45) is 11.1 Å². The highest BCUT2D eigenvalue weighted by Crippen LogP contribution is 2.41. The summed E-state index contributed by atoms with van der Waals surface area (Å²) in [6.45, 7) is 7.04. The van der Waals surface area contributed by atoms with Crippen LogP contribution in [0.5, 0.6) is 0 Å². The predicted molar refractivity (Wildman–Crippen MR) is 63.7 cm³/mol. The van der Waals surface area contributed by atoms with Gasteiger partial charge in [0.2, 0.25) is 0 Å². The summed E-state index contributed by atoms with van der Waals surface area (Å²) in [7, 11) is 0. The molecule has 2 aliphatic rings. The molecule has 2 fully saturated rings. The molecule has 0 aromatic rings. The molecule has 0 radical (unpaired) electrons. The fraction of sp³-hybridized carbons (Fsp3) is 1.00. The van der Waals surface area contributed by atoms with E-state index in [0.717, 1.165) is 11.8 Å². The van der Waals surface area contributed by atoms with E-state index in [2.05, 4.69) is 23.6 Å². The Morgan fingerprint density at radius 1 is 1.50 bits per heavy atom. The van der Waals surface area contributed by atoms with Crippen molar-refractivity contribution in [2.45, 2.75) is 31.4 Å². The van der Waals surface area contributed by atoms with Gasteiger partial charge in [-0.05, 0) is 24.8 Å². The monoisotopic (exact) mass is 214 g/mol. The third-order valence-corrected chi connectivity index (χ3v) is 4.87. The fourth-order valence-corrected chi connectivity index (χ4v) is 3.69. The van der Waals surface area contributed by atoms with Crippen LogP contribution in [0.2, 0.25) is 0 Å². The molecule has 82 valence electrons. The Morgan fingerprint density at radius 2 is 2.29 bits per heavy atom. The fourth-order valence-electron chi connectivity index (χ4n) is 2.61. The van der Waals surface area contributed by atoms with Crippen LogP contribution >= 0.6 is 11.8 Å². The lowest BCUT2D eigenvalue weighted by Gasteiger charge is -2.46. The molecule has 2 N–H and O–H groups in total. The van der Waals surface area contributed by atoms with Crippen LogP contribution in [0.4, 0.5) is 0 Å². The van der Waals surface area contributed by atoms with Crippen LogP contribution in [-0.2, 0) is 0 Å². The quantitative estimate of drug-likeness (QED) is 0.773. The van der Waals surface area contributed by atoms with Gasteiger partial charge in [0.15, 0.2) is 0 Å². The van der Waals surface area contributed by atoms with Crippen LogP contribution in [-0.4, -0.2) is 42.1 Å². The summed E-state index contributed by atoms with van der Waals surface area (Å²) >= 11 is 2.11. The van der Waals surface area contributed by atoms with Crippen molar-refractivity contribution in [3.05, 3.63) is 0 Å². The van der Waals surface area contributed by atoms with Gasteiger partial charge in [-0.15, -0.1) is 0 Å². The molecule has 2 rings (SSSR count). The van der Waals surface area contributed by atoms with E-state index in [0.29, 0.717) is 5.41 Å². The highest BCUT2D eigenvalue weighted by molar-refractivity contribution is 7.99. The van der Waals surface area contributed by atoms with Gasteiger partial charge in [-0.2, -0.15) is 11.8 Å². The van der Waals surface area contributed by atoms with E-state index in [1.165, 1.54) is 44.6 Å². The summed E-state index contributed by atoms with van der Waals surface area (Å²) < 4.78 is 0. The minimum absolute atomic E-state index is 0.502. The molecule has 0 bridgehead atoms. The molecule has 1 saturated heterocycles. The van der Waals surface area contributed by atoms with E-state index in [4.69, 9.17) is 5.73 Å². The topological polar surface area (TPSA) is 29.3 Å². The van der Waals surface area contributed by atoms with Gasteiger partial charge >= 0.3 is 0 Å². The van der Waals surface area contributed by atoms with Crippen molar-refractivity contribution in [3.63, 3.8) is 0 Å². The Kier molecular flexibility index (Phi) is 3.40. The number of rotatable bonds is 3. The lowest BCUT2D eigenvalue weighted by Crippen LogP contribution is -2.50. The summed E-state index contributed by atoms with van der Waals surface area (Å²) in [5.41, 5.74) is 6.39. The molecular weight excluding hydrogens is 192 g/mol. The number of hydrogen-bond acceptors (Lipinski definition) is 3. The Morgan fingerprint density at radius 3 is 2.79 bits per heavy atom. The molecule has 1 aliphatic carbocycles. The summed E-state index contributed by atoms with van der Waals surface area (Å²) in [5.74, 6) is 1.31. The Hall–Kier alpha value is 0.270. The maximum Gasteiger partial charge on any atom is 0.0147 e. The van der Waals surface area contributed by atoms with Gasteiger partial charge in [-0.25, -0.2) is 0 Å². The van der Waals surface area contributed by atoms with E-state index in [1.807, 2.05) is 0 Å². The van der Waals surface area contributed by atoms with E-state index >= 15 is 0 Å². The average molecular weight is 214 g/mol. The Labute approximate surface area is 91.6 Å². The van der Waals surface area contributed by atoms with Crippen molar-refractivity contribution in [1.82, 2.24) is 4.90 Å². The van der Waals surface area contributed by atoms with Gasteiger partial charge < -0.3 is 10.6 Å². The van der Waals surface area contributed by atoms with E-state index in [9.17, 15) is 0 Å². The molecule has 14 heavy (non-hydrogen) atoms. The minimum Gasteiger partial charge on any atom is -0.330 e. The smallest absolute Gasteiger partial charge is 0.0147 e. The number of nitrogens with zero attached hydrogens (tertiary/aromatic N) is 1. The predicted octanol–water partition coefficient (Wildman–Crippen LogP) is 1.55. The maximum absolute atomic E-state index is 5.89. The van der Waals surface area contributed by atoms with E-state index < -0.39 is 0 Å². The first-order valence-corrected chi connectivity index (χ1v) is 6.83. The summed E-state index contributed by atoms with van der Waals surface area (Å²) in [5, 5.41) is 0.818. The van der Waals surface area contributed by atoms with Crippen LogP contribution in [0.3, 0.4) is 0 Å². The summed E-state index contributed by atoms with van der Waals surface area (Å²) in [6, 6.07) is 0. The zero-order chi connectivity index (χ0) is 10.0. The SMILES string of the molecule is CC1CN(CC2(CN)CCC2)CCS1. The molecular formula is C11H22N2S. The average Bonchev–Trinajstić information content (AvgIpc) is 2.11. The first-order valence-electron chi connectivity index (χ1n) is 5.78. The molecule has 1 heterocycles. The molecule has 1 saturated carbocycles. The number of thioether (sulfide) groups is 1. The van der Waals surface area contributed by atoms with Gasteiger partial charge in [-0.3, -0.25) is 0 Å². The highest BCUT2D eigenvalue weighted by atomic mass is 32.2. The van der Waals surface area contributed by atoms with Crippen molar-refractivity contribution < 1.29 is 0 Å². The molecule has 0 aromatic heterocycles. The van der Waals surface area contributed by atoms with Gasteiger partial charge in [0.25, 0.3) is 0 Å². The maximum atomic E-state index is 5.89. The number of nitrogens with two attached hydrogens (primary N) is 1.